The minimum absolute atomic E-state index is 0.0255. The van der Waals surface area contributed by atoms with Crippen LogP contribution in [0.5, 0.6) is 0 Å². The van der Waals surface area contributed by atoms with Crippen molar-refractivity contribution in [2.24, 2.45) is 11.1 Å². The van der Waals surface area contributed by atoms with Crippen LogP contribution in [-0.2, 0) is 16.6 Å². The molecule has 0 aliphatic carbocycles. The molecule has 1 heterocycles. The highest BCUT2D eigenvalue weighted by atomic mass is 32.2. The lowest BCUT2D eigenvalue weighted by Crippen LogP contribution is -2.46. The van der Waals surface area contributed by atoms with Crippen molar-refractivity contribution in [2.45, 2.75) is 58.0 Å². The summed E-state index contributed by atoms with van der Waals surface area (Å²) in [5, 5.41) is 0. The van der Waals surface area contributed by atoms with E-state index in [1.807, 2.05) is 13.8 Å². The third kappa shape index (κ3) is 4.85. The van der Waals surface area contributed by atoms with Gasteiger partial charge in [0, 0.05) is 18.3 Å². The average Bonchev–Trinajstić information content (AvgIpc) is 2.24. The molecule has 0 radical (unpaired) electrons. The summed E-state index contributed by atoms with van der Waals surface area (Å²) in [6.07, 6.45) is 2.26. The Labute approximate surface area is 122 Å². The molecule has 0 atom stereocenters. The zero-order valence-electron chi connectivity index (χ0n) is 12.9. The van der Waals surface area contributed by atoms with Crippen molar-refractivity contribution in [1.29, 1.82) is 0 Å². The lowest BCUT2D eigenvalue weighted by atomic mass is 9.82. The van der Waals surface area contributed by atoms with Crippen LogP contribution in [0, 0.1) is 5.41 Å². The molecular formula is C14H25N3O2S. The van der Waals surface area contributed by atoms with E-state index in [0.717, 1.165) is 6.42 Å². The van der Waals surface area contributed by atoms with Gasteiger partial charge in [0.05, 0.1) is 5.69 Å². The summed E-state index contributed by atoms with van der Waals surface area (Å²) >= 11 is 0. The molecule has 3 N–H and O–H groups in total. The minimum atomic E-state index is -3.63. The lowest BCUT2D eigenvalue weighted by molar-refractivity contribution is 0.269. The number of rotatable bonds is 5. The molecule has 1 aromatic rings. The summed E-state index contributed by atoms with van der Waals surface area (Å²) < 4.78 is 27.8. The van der Waals surface area contributed by atoms with E-state index < -0.39 is 15.6 Å². The molecule has 0 unspecified atom stereocenters. The monoisotopic (exact) mass is 299 g/mol. The fourth-order valence-electron chi connectivity index (χ4n) is 2.60. The SMILES string of the molecule is CC(C)(C)CC(C)(C)NS(=O)(=O)c1cccnc1CN. The maximum atomic E-state index is 12.5. The molecule has 0 spiro atoms. The molecule has 1 aromatic heterocycles. The molecule has 1 rings (SSSR count). The van der Waals surface area contributed by atoms with Gasteiger partial charge in [0.2, 0.25) is 10.0 Å². The second-order valence-corrected chi connectivity index (χ2v) is 8.53. The fourth-order valence-corrected chi connectivity index (χ4v) is 4.22. The van der Waals surface area contributed by atoms with E-state index in [9.17, 15) is 8.42 Å². The Morgan fingerprint density at radius 3 is 2.35 bits per heavy atom. The highest BCUT2D eigenvalue weighted by Crippen LogP contribution is 2.28. The zero-order chi connectivity index (χ0) is 15.6. The van der Waals surface area contributed by atoms with Gasteiger partial charge in [0.15, 0.2) is 0 Å². The van der Waals surface area contributed by atoms with Crippen LogP contribution in [0.15, 0.2) is 23.2 Å². The van der Waals surface area contributed by atoms with Gasteiger partial charge in [0.25, 0.3) is 0 Å². The van der Waals surface area contributed by atoms with E-state index >= 15 is 0 Å². The van der Waals surface area contributed by atoms with Crippen molar-refractivity contribution >= 4 is 10.0 Å². The van der Waals surface area contributed by atoms with Gasteiger partial charge < -0.3 is 5.73 Å². The van der Waals surface area contributed by atoms with Crippen molar-refractivity contribution in [3.63, 3.8) is 0 Å². The first kappa shape index (κ1) is 17.1. The lowest BCUT2D eigenvalue weighted by Gasteiger charge is -2.33. The van der Waals surface area contributed by atoms with E-state index in [4.69, 9.17) is 5.73 Å². The van der Waals surface area contributed by atoms with Crippen molar-refractivity contribution in [2.75, 3.05) is 0 Å². The Kier molecular flexibility index (Phi) is 4.94. The fraction of sp³-hybridized carbons (Fsp3) is 0.643. The third-order valence-corrected chi connectivity index (χ3v) is 4.49. The van der Waals surface area contributed by atoms with E-state index in [-0.39, 0.29) is 16.9 Å². The number of nitrogens with zero attached hydrogens (tertiary/aromatic N) is 1. The highest BCUT2D eigenvalue weighted by Gasteiger charge is 2.31. The van der Waals surface area contributed by atoms with Gasteiger partial charge in [-0.25, -0.2) is 13.1 Å². The van der Waals surface area contributed by atoms with Gasteiger partial charge in [0.1, 0.15) is 4.90 Å². The van der Waals surface area contributed by atoms with Crippen molar-refractivity contribution < 1.29 is 8.42 Å². The summed E-state index contributed by atoms with van der Waals surface area (Å²) in [6, 6.07) is 3.13. The maximum absolute atomic E-state index is 12.5. The zero-order valence-corrected chi connectivity index (χ0v) is 13.7. The van der Waals surface area contributed by atoms with Crippen LogP contribution in [0.25, 0.3) is 0 Å². The predicted molar refractivity (Wildman–Crippen MR) is 80.6 cm³/mol. The van der Waals surface area contributed by atoms with Gasteiger partial charge in [-0.2, -0.15) is 0 Å². The Hall–Kier alpha value is -0.980. The van der Waals surface area contributed by atoms with Crippen LogP contribution in [-0.4, -0.2) is 18.9 Å². The van der Waals surface area contributed by atoms with Crippen molar-refractivity contribution in [1.82, 2.24) is 9.71 Å². The first-order valence-electron chi connectivity index (χ1n) is 6.65. The molecule has 0 fully saturated rings. The summed E-state index contributed by atoms with van der Waals surface area (Å²) in [5.41, 5.74) is 5.42. The molecular weight excluding hydrogens is 274 g/mol. The minimum Gasteiger partial charge on any atom is -0.325 e. The van der Waals surface area contributed by atoms with Crippen molar-refractivity contribution in [3.8, 4) is 0 Å². The Bertz CT molecular complexity index is 560. The molecule has 0 saturated carbocycles. The maximum Gasteiger partial charge on any atom is 0.242 e. The second kappa shape index (κ2) is 5.79. The van der Waals surface area contributed by atoms with Gasteiger partial charge in [-0.1, -0.05) is 20.8 Å². The topological polar surface area (TPSA) is 85.1 Å². The number of hydrogen-bond acceptors (Lipinski definition) is 4. The largest absolute Gasteiger partial charge is 0.325 e. The smallest absolute Gasteiger partial charge is 0.242 e. The summed E-state index contributed by atoms with van der Waals surface area (Å²) in [5.74, 6) is 0. The molecule has 6 heteroatoms. The normalized spacial score (nSPS) is 13.5. The number of sulfonamides is 1. The molecule has 0 amide bonds. The van der Waals surface area contributed by atoms with Crippen LogP contribution < -0.4 is 10.5 Å². The van der Waals surface area contributed by atoms with E-state index in [1.165, 1.54) is 6.07 Å². The van der Waals surface area contributed by atoms with Crippen LogP contribution in [0.1, 0.15) is 46.7 Å². The first-order chi connectivity index (χ1) is 8.97. The molecule has 0 aliphatic rings. The van der Waals surface area contributed by atoms with Gasteiger partial charge >= 0.3 is 0 Å². The number of pyridine rings is 1. The Morgan fingerprint density at radius 1 is 1.25 bits per heavy atom. The van der Waals surface area contributed by atoms with Gasteiger partial charge in [-0.3, -0.25) is 4.98 Å². The van der Waals surface area contributed by atoms with Gasteiger partial charge in [-0.05, 0) is 37.8 Å². The Balaban J connectivity index is 3.06. The summed E-state index contributed by atoms with van der Waals surface area (Å²) in [7, 11) is -3.63. The van der Waals surface area contributed by atoms with E-state index in [2.05, 4.69) is 30.5 Å². The molecule has 0 bridgehead atoms. The van der Waals surface area contributed by atoms with Crippen LogP contribution in [0.4, 0.5) is 0 Å². The van der Waals surface area contributed by atoms with Crippen molar-refractivity contribution in [3.05, 3.63) is 24.0 Å². The highest BCUT2D eigenvalue weighted by molar-refractivity contribution is 7.89. The third-order valence-electron chi connectivity index (χ3n) is 2.71. The molecule has 5 nitrogen and oxygen atoms in total. The average molecular weight is 299 g/mol. The molecule has 0 saturated heterocycles. The molecule has 114 valence electrons. The second-order valence-electron chi connectivity index (χ2n) is 6.88. The Morgan fingerprint density at radius 2 is 1.85 bits per heavy atom. The van der Waals surface area contributed by atoms with Crippen LogP contribution >= 0.6 is 0 Å². The summed E-state index contributed by atoms with van der Waals surface area (Å²) in [4.78, 5) is 4.18. The number of nitrogens with two attached hydrogens (primary N) is 1. The van der Waals surface area contributed by atoms with Crippen LogP contribution in [0.2, 0.25) is 0 Å². The van der Waals surface area contributed by atoms with E-state index in [1.54, 1.807) is 12.3 Å². The quantitative estimate of drug-likeness (QED) is 0.871. The molecule has 0 aromatic carbocycles. The first-order valence-corrected chi connectivity index (χ1v) is 8.13. The summed E-state index contributed by atoms with van der Waals surface area (Å²) in [6.45, 7) is 10.1. The predicted octanol–water partition coefficient (Wildman–Crippen LogP) is 2.03. The number of nitrogens with one attached hydrogen (secondary N) is 1. The number of aromatic nitrogens is 1. The van der Waals surface area contributed by atoms with E-state index in [0.29, 0.717) is 5.69 Å². The molecule has 20 heavy (non-hydrogen) atoms. The number of hydrogen-bond donors (Lipinski definition) is 2. The molecule has 0 aliphatic heterocycles. The standard InChI is InChI=1S/C14H25N3O2S/c1-13(2,3)10-14(4,5)17-20(18,19)12-7-6-8-16-11(12)9-15/h6-8,17H,9-10,15H2,1-5H3. The van der Waals surface area contributed by atoms with Crippen LogP contribution in [0.3, 0.4) is 0 Å². The van der Waals surface area contributed by atoms with Gasteiger partial charge in [-0.15, -0.1) is 0 Å².